The van der Waals surface area contributed by atoms with Crippen LogP contribution in [0.5, 0.6) is 0 Å². The van der Waals surface area contributed by atoms with Gasteiger partial charge < -0.3 is 5.73 Å². The van der Waals surface area contributed by atoms with Crippen LogP contribution in [0.1, 0.15) is 37.2 Å². The van der Waals surface area contributed by atoms with Crippen molar-refractivity contribution in [3.63, 3.8) is 0 Å². The van der Waals surface area contributed by atoms with Crippen molar-refractivity contribution in [1.82, 2.24) is 4.90 Å². The van der Waals surface area contributed by atoms with Crippen LogP contribution in [0.4, 0.5) is 4.39 Å². The average molecular weight is 261 g/mol. The van der Waals surface area contributed by atoms with E-state index in [9.17, 15) is 4.39 Å². The summed E-state index contributed by atoms with van der Waals surface area (Å²) in [6.45, 7) is 2.20. The van der Waals surface area contributed by atoms with Gasteiger partial charge in [-0.3, -0.25) is 4.90 Å². The van der Waals surface area contributed by atoms with E-state index in [0.29, 0.717) is 18.0 Å². The Bertz CT molecular complexity index is 417. The first-order valence-electron chi connectivity index (χ1n) is 7.31. The molecule has 2 fully saturated rings. The highest BCUT2D eigenvalue weighted by Crippen LogP contribution is 2.36. The molecule has 0 spiro atoms. The summed E-state index contributed by atoms with van der Waals surface area (Å²) in [4.78, 5) is 2.53. The number of hydrogen-bond donors (Lipinski definition) is 1. The van der Waals surface area contributed by atoms with Crippen LogP contribution in [0.3, 0.4) is 0 Å². The van der Waals surface area contributed by atoms with Gasteiger partial charge in [-0.1, -0.05) is 12.1 Å². The van der Waals surface area contributed by atoms with Crippen molar-refractivity contribution in [2.75, 3.05) is 13.1 Å². The molecule has 0 aromatic heterocycles. The monoisotopic (exact) mass is 261 g/mol. The van der Waals surface area contributed by atoms with Crippen LogP contribution in [0.2, 0.25) is 0 Å². The highest BCUT2D eigenvalue weighted by Gasteiger charge is 2.32. The summed E-state index contributed by atoms with van der Waals surface area (Å²) in [5, 5.41) is 0. The highest BCUT2D eigenvalue weighted by atomic mass is 19.1. The molecule has 3 atom stereocenters. The van der Waals surface area contributed by atoms with Gasteiger partial charge >= 0.3 is 0 Å². The smallest absolute Gasteiger partial charge is 0.123 e. The standard InChI is InChI=1S/C16H22FN2/c17-14-6-3-12(4-7-14)13-5-8-16(10-13)19-9-1-2-15(18)11-19/h3-4,6-8,13,15-16H,1-2,5,9-11,18H2. The molecule has 1 saturated heterocycles. The first-order valence-corrected chi connectivity index (χ1v) is 7.31. The normalized spacial score (nSPS) is 32.6. The molecule has 1 aromatic carbocycles. The number of nitrogens with zero attached hydrogens (tertiary/aromatic N) is 1. The van der Waals surface area contributed by atoms with E-state index in [1.165, 1.54) is 18.5 Å². The molecule has 103 valence electrons. The zero-order valence-electron chi connectivity index (χ0n) is 11.3. The van der Waals surface area contributed by atoms with Crippen LogP contribution in [-0.4, -0.2) is 30.1 Å². The van der Waals surface area contributed by atoms with Crippen LogP contribution >= 0.6 is 0 Å². The fourth-order valence-corrected chi connectivity index (χ4v) is 3.45. The Labute approximate surface area is 114 Å². The number of nitrogens with two attached hydrogens (primary N) is 1. The fourth-order valence-electron chi connectivity index (χ4n) is 3.45. The van der Waals surface area contributed by atoms with E-state index in [1.807, 2.05) is 12.1 Å². The summed E-state index contributed by atoms with van der Waals surface area (Å²) in [7, 11) is 0. The molecule has 0 bridgehead atoms. The SMILES string of the molecule is NC1CCCN(C2[CH]CC(c3ccc(F)cc3)C2)C1. The third kappa shape index (κ3) is 2.98. The summed E-state index contributed by atoms with van der Waals surface area (Å²) in [6.07, 6.45) is 7.05. The van der Waals surface area contributed by atoms with Gasteiger partial charge in [0.2, 0.25) is 0 Å². The van der Waals surface area contributed by atoms with Crippen molar-refractivity contribution in [3.8, 4) is 0 Å². The van der Waals surface area contributed by atoms with Crippen molar-refractivity contribution >= 4 is 0 Å². The molecular formula is C16H22FN2. The van der Waals surface area contributed by atoms with E-state index in [4.69, 9.17) is 5.73 Å². The lowest BCUT2D eigenvalue weighted by Crippen LogP contribution is -2.47. The average Bonchev–Trinajstić information content (AvgIpc) is 2.89. The molecule has 1 aliphatic carbocycles. The molecule has 2 N–H and O–H groups in total. The zero-order chi connectivity index (χ0) is 13.2. The minimum atomic E-state index is -0.149. The Morgan fingerprint density at radius 3 is 2.74 bits per heavy atom. The van der Waals surface area contributed by atoms with E-state index in [-0.39, 0.29) is 5.82 Å². The van der Waals surface area contributed by atoms with Crippen molar-refractivity contribution in [3.05, 3.63) is 42.1 Å². The molecule has 2 nitrogen and oxygen atoms in total. The van der Waals surface area contributed by atoms with E-state index >= 15 is 0 Å². The van der Waals surface area contributed by atoms with Gasteiger partial charge in [-0.2, -0.15) is 0 Å². The Kier molecular flexibility index (Phi) is 3.85. The summed E-state index contributed by atoms with van der Waals surface area (Å²) in [6, 6.07) is 7.89. The predicted octanol–water partition coefficient (Wildman–Crippen LogP) is 2.70. The Morgan fingerprint density at radius 1 is 1.21 bits per heavy atom. The maximum absolute atomic E-state index is 13.0. The molecule has 2 aliphatic rings. The van der Waals surface area contributed by atoms with Crippen molar-refractivity contribution < 1.29 is 4.39 Å². The highest BCUT2D eigenvalue weighted by molar-refractivity contribution is 5.23. The second-order valence-electron chi connectivity index (χ2n) is 5.92. The van der Waals surface area contributed by atoms with Crippen LogP contribution in [0.25, 0.3) is 0 Å². The molecule has 0 amide bonds. The van der Waals surface area contributed by atoms with Gasteiger partial charge in [-0.25, -0.2) is 4.39 Å². The number of rotatable bonds is 2. The quantitative estimate of drug-likeness (QED) is 0.887. The molecular weight excluding hydrogens is 239 g/mol. The summed E-state index contributed by atoms with van der Waals surface area (Å²) >= 11 is 0. The minimum absolute atomic E-state index is 0.149. The minimum Gasteiger partial charge on any atom is -0.327 e. The molecule has 1 saturated carbocycles. The van der Waals surface area contributed by atoms with E-state index < -0.39 is 0 Å². The Morgan fingerprint density at radius 2 is 2.00 bits per heavy atom. The second kappa shape index (κ2) is 5.59. The molecule has 1 aliphatic heterocycles. The van der Waals surface area contributed by atoms with E-state index in [2.05, 4.69) is 11.3 Å². The third-order valence-corrected chi connectivity index (χ3v) is 4.52. The third-order valence-electron chi connectivity index (χ3n) is 4.52. The van der Waals surface area contributed by atoms with Crippen molar-refractivity contribution in [2.24, 2.45) is 5.73 Å². The molecule has 19 heavy (non-hydrogen) atoms. The van der Waals surface area contributed by atoms with Gasteiger partial charge in [0.15, 0.2) is 0 Å². The molecule has 3 unspecified atom stereocenters. The van der Waals surface area contributed by atoms with Gasteiger partial charge in [-0.05, 0) is 62.3 Å². The van der Waals surface area contributed by atoms with Crippen molar-refractivity contribution in [1.29, 1.82) is 0 Å². The lowest BCUT2D eigenvalue weighted by molar-refractivity contribution is 0.167. The van der Waals surface area contributed by atoms with E-state index in [0.717, 1.165) is 25.8 Å². The van der Waals surface area contributed by atoms with Gasteiger partial charge in [0, 0.05) is 18.6 Å². The van der Waals surface area contributed by atoms with Crippen LogP contribution in [0, 0.1) is 12.2 Å². The molecule has 1 heterocycles. The van der Waals surface area contributed by atoms with Gasteiger partial charge in [0.25, 0.3) is 0 Å². The Hall–Kier alpha value is -0.930. The zero-order valence-corrected chi connectivity index (χ0v) is 11.3. The molecule has 1 radical (unpaired) electrons. The summed E-state index contributed by atoms with van der Waals surface area (Å²) < 4.78 is 13.0. The lowest BCUT2D eigenvalue weighted by atomic mass is 9.97. The fraction of sp³-hybridized carbons (Fsp3) is 0.562. The molecule has 1 aromatic rings. The van der Waals surface area contributed by atoms with Gasteiger partial charge in [-0.15, -0.1) is 0 Å². The Balaban J connectivity index is 1.62. The maximum atomic E-state index is 13.0. The molecule has 3 heteroatoms. The second-order valence-corrected chi connectivity index (χ2v) is 5.92. The largest absolute Gasteiger partial charge is 0.327 e. The van der Waals surface area contributed by atoms with Crippen LogP contribution in [-0.2, 0) is 0 Å². The predicted molar refractivity (Wildman–Crippen MR) is 75.2 cm³/mol. The number of benzene rings is 1. The maximum Gasteiger partial charge on any atom is 0.123 e. The number of hydrogen-bond acceptors (Lipinski definition) is 2. The summed E-state index contributed by atoms with van der Waals surface area (Å²) in [5.74, 6) is 0.396. The number of piperidine rings is 1. The molecule has 3 rings (SSSR count). The van der Waals surface area contributed by atoms with Gasteiger partial charge in [0.1, 0.15) is 5.82 Å². The number of halogens is 1. The number of likely N-dealkylation sites (tertiary alicyclic amines) is 1. The first kappa shape index (κ1) is 13.1. The van der Waals surface area contributed by atoms with Crippen LogP contribution in [0.15, 0.2) is 24.3 Å². The topological polar surface area (TPSA) is 29.3 Å². The summed E-state index contributed by atoms with van der Waals surface area (Å²) in [5.41, 5.74) is 7.32. The van der Waals surface area contributed by atoms with Gasteiger partial charge in [0.05, 0.1) is 0 Å². The van der Waals surface area contributed by atoms with Crippen LogP contribution < -0.4 is 5.73 Å². The van der Waals surface area contributed by atoms with E-state index in [1.54, 1.807) is 12.1 Å². The first-order chi connectivity index (χ1) is 9.22. The van der Waals surface area contributed by atoms with Crippen molar-refractivity contribution in [2.45, 2.75) is 43.7 Å². The lowest BCUT2D eigenvalue weighted by Gasteiger charge is -2.35.